The Kier molecular flexibility index (Phi) is 9.92. The van der Waals surface area contributed by atoms with Crippen LogP contribution < -0.4 is 5.32 Å². The second-order valence-corrected chi connectivity index (χ2v) is 9.54. The van der Waals surface area contributed by atoms with Crippen LogP contribution in [0.1, 0.15) is 49.6 Å². The van der Waals surface area contributed by atoms with Crippen molar-refractivity contribution in [3.05, 3.63) is 82.6 Å². The highest BCUT2D eigenvalue weighted by Crippen LogP contribution is 2.39. The molecule has 0 aliphatic carbocycles. The Bertz CT molecular complexity index is 1370. The standard InChI is InChI=1S/C31H35N5O2/c1-21(2)19-34-30-28(23(4)33)29(25-13-11-22(3)12-14-25)27(36(30)15-8-16-37)17-26(18-32)31(38)35-20-24-9-6-5-7-10-24/h5-7,9-14,17,19,21,33,37H,8,15-16,20H2,1-4H3,(H,35,38)/b26-17+,33-23?,34-19?. The summed E-state index contributed by atoms with van der Waals surface area (Å²) in [7, 11) is 0. The average molecular weight is 510 g/mol. The fourth-order valence-corrected chi connectivity index (χ4v) is 4.11. The SMILES string of the molecule is CC(=N)c1c(-c2ccc(C)cc2)c(/C=C(\C#N)C(=O)NCc2ccccc2)n(CCCO)c1N=CC(C)C. The van der Waals surface area contributed by atoms with Crippen LogP contribution >= 0.6 is 0 Å². The molecule has 1 aromatic heterocycles. The normalized spacial score (nSPS) is 11.7. The number of aromatic nitrogens is 1. The fourth-order valence-electron chi connectivity index (χ4n) is 4.11. The van der Waals surface area contributed by atoms with Crippen molar-refractivity contribution < 1.29 is 9.90 Å². The zero-order chi connectivity index (χ0) is 27.7. The van der Waals surface area contributed by atoms with Crippen molar-refractivity contribution in [2.45, 2.75) is 47.2 Å². The van der Waals surface area contributed by atoms with E-state index in [2.05, 4.69) is 11.4 Å². The number of hydrogen-bond donors (Lipinski definition) is 3. The topological polar surface area (TPSA) is 114 Å². The van der Waals surface area contributed by atoms with Gasteiger partial charge in [0, 0.05) is 42.7 Å². The van der Waals surface area contributed by atoms with Crippen LogP contribution in [0.3, 0.4) is 0 Å². The lowest BCUT2D eigenvalue weighted by molar-refractivity contribution is -0.117. The monoisotopic (exact) mass is 509 g/mol. The van der Waals surface area contributed by atoms with Gasteiger partial charge in [-0.05, 0) is 43.4 Å². The summed E-state index contributed by atoms with van der Waals surface area (Å²) in [6.45, 7) is 8.43. The molecule has 7 heteroatoms. The van der Waals surface area contributed by atoms with Gasteiger partial charge in [0.1, 0.15) is 17.5 Å². The van der Waals surface area contributed by atoms with E-state index in [1.54, 1.807) is 13.0 Å². The zero-order valence-corrected chi connectivity index (χ0v) is 22.5. The Hall–Kier alpha value is -4.28. The van der Waals surface area contributed by atoms with Crippen LogP contribution in [0.25, 0.3) is 17.2 Å². The van der Waals surface area contributed by atoms with Gasteiger partial charge in [0.05, 0.1) is 5.69 Å². The number of rotatable bonds is 11. The van der Waals surface area contributed by atoms with Gasteiger partial charge in [0.2, 0.25) is 0 Å². The molecule has 1 amide bonds. The molecule has 3 aromatic rings. The molecule has 196 valence electrons. The first-order chi connectivity index (χ1) is 18.3. The Morgan fingerprint density at radius 1 is 1.18 bits per heavy atom. The van der Waals surface area contributed by atoms with E-state index >= 15 is 0 Å². The van der Waals surface area contributed by atoms with Crippen LogP contribution in [0, 0.1) is 29.6 Å². The molecule has 0 saturated carbocycles. The van der Waals surface area contributed by atoms with E-state index in [0.717, 1.165) is 22.3 Å². The second kappa shape index (κ2) is 13.3. The van der Waals surface area contributed by atoms with Crippen LogP contribution in [-0.4, -0.2) is 34.1 Å². The van der Waals surface area contributed by atoms with Gasteiger partial charge < -0.3 is 20.4 Å². The average Bonchev–Trinajstić information content (AvgIpc) is 3.21. The largest absolute Gasteiger partial charge is 0.396 e. The minimum absolute atomic E-state index is 0.0316. The number of hydrogen-bond acceptors (Lipinski definition) is 5. The van der Waals surface area contributed by atoms with Gasteiger partial charge >= 0.3 is 0 Å². The third-order valence-corrected chi connectivity index (χ3v) is 5.97. The highest BCUT2D eigenvalue weighted by Gasteiger charge is 2.25. The van der Waals surface area contributed by atoms with E-state index in [1.807, 2.05) is 86.2 Å². The van der Waals surface area contributed by atoms with Crippen LogP contribution in [-0.2, 0) is 17.9 Å². The molecule has 0 unspecified atom stereocenters. The van der Waals surface area contributed by atoms with Crippen molar-refractivity contribution in [1.82, 2.24) is 9.88 Å². The number of carbonyl (C=O) groups excluding carboxylic acids is 1. The van der Waals surface area contributed by atoms with Crippen LogP contribution in [0.2, 0.25) is 0 Å². The molecule has 0 aliphatic heterocycles. The molecular formula is C31H35N5O2. The smallest absolute Gasteiger partial charge is 0.262 e. The number of nitriles is 1. The summed E-state index contributed by atoms with van der Waals surface area (Å²) in [6.07, 6.45) is 3.85. The molecule has 0 saturated heterocycles. The van der Waals surface area contributed by atoms with Gasteiger partial charge in [-0.1, -0.05) is 74.0 Å². The summed E-state index contributed by atoms with van der Waals surface area (Å²) < 4.78 is 1.90. The summed E-state index contributed by atoms with van der Waals surface area (Å²) >= 11 is 0. The van der Waals surface area contributed by atoms with Gasteiger partial charge in [-0.2, -0.15) is 5.26 Å². The zero-order valence-electron chi connectivity index (χ0n) is 22.5. The van der Waals surface area contributed by atoms with Crippen LogP contribution in [0.5, 0.6) is 0 Å². The number of nitrogens with one attached hydrogen (secondary N) is 2. The van der Waals surface area contributed by atoms with Crippen molar-refractivity contribution in [2.24, 2.45) is 10.9 Å². The Morgan fingerprint density at radius 2 is 1.87 bits per heavy atom. The van der Waals surface area contributed by atoms with Crippen LogP contribution in [0.4, 0.5) is 5.82 Å². The molecule has 0 spiro atoms. The first-order valence-corrected chi connectivity index (χ1v) is 12.7. The van der Waals surface area contributed by atoms with E-state index in [9.17, 15) is 15.2 Å². The highest BCUT2D eigenvalue weighted by atomic mass is 16.3. The molecule has 3 rings (SSSR count). The Labute approximate surface area is 224 Å². The Morgan fingerprint density at radius 3 is 2.45 bits per heavy atom. The lowest BCUT2D eigenvalue weighted by Crippen LogP contribution is -2.24. The predicted molar refractivity (Wildman–Crippen MR) is 154 cm³/mol. The van der Waals surface area contributed by atoms with Crippen molar-refractivity contribution in [3.8, 4) is 17.2 Å². The summed E-state index contributed by atoms with van der Waals surface area (Å²) in [5.74, 6) is 0.264. The molecule has 0 bridgehead atoms. The van der Waals surface area contributed by atoms with Crippen molar-refractivity contribution in [2.75, 3.05) is 6.61 Å². The molecule has 0 fully saturated rings. The number of aliphatic hydroxyl groups is 1. The molecule has 1 heterocycles. The molecule has 0 aliphatic rings. The quantitative estimate of drug-likeness (QED) is 0.172. The van der Waals surface area contributed by atoms with Gasteiger partial charge in [0.25, 0.3) is 5.91 Å². The predicted octanol–water partition coefficient (Wildman–Crippen LogP) is 5.82. The van der Waals surface area contributed by atoms with Crippen molar-refractivity contribution in [1.29, 1.82) is 10.7 Å². The minimum Gasteiger partial charge on any atom is -0.396 e. The summed E-state index contributed by atoms with van der Waals surface area (Å²) in [4.78, 5) is 17.8. The fraction of sp³-hybridized carbons (Fsp3) is 0.290. The molecule has 2 aromatic carbocycles. The number of benzene rings is 2. The van der Waals surface area contributed by atoms with Gasteiger partial charge in [0.15, 0.2) is 0 Å². The van der Waals surface area contributed by atoms with E-state index < -0.39 is 5.91 Å². The molecule has 38 heavy (non-hydrogen) atoms. The lowest BCUT2D eigenvalue weighted by Gasteiger charge is -2.11. The molecule has 3 N–H and O–H groups in total. The summed E-state index contributed by atoms with van der Waals surface area (Å²) in [5.41, 5.74) is 5.12. The van der Waals surface area contributed by atoms with Crippen molar-refractivity contribution >= 4 is 29.7 Å². The molecule has 7 nitrogen and oxygen atoms in total. The third-order valence-electron chi connectivity index (χ3n) is 5.97. The molecule has 0 radical (unpaired) electrons. The maximum atomic E-state index is 13.1. The number of aryl methyl sites for hydroxylation is 1. The van der Waals surface area contributed by atoms with E-state index in [4.69, 9.17) is 10.4 Å². The van der Waals surface area contributed by atoms with Crippen LogP contribution in [0.15, 0.2) is 65.2 Å². The number of amides is 1. The number of nitrogens with zero attached hydrogens (tertiary/aromatic N) is 3. The molecule has 0 atom stereocenters. The first kappa shape index (κ1) is 28.3. The maximum Gasteiger partial charge on any atom is 0.262 e. The number of carbonyl (C=O) groups is 1. The second-order valence-electron chi connectivity index (χ2n) is 9.54. The third kappa shape index (κ3) is 6.93. The lowest BCUT2D eigenvalue weighted by atomic mass is 9.97. The number of aliphatic hydroxyl groups excluding tert-OH is 1. The van der Waals surface area contributed by atoms with E-state index in [0.29, 0.717) is 42.3 Å². The van der Waals surface area contributed by atoms with Gasteiger partial charge in [-0.15, -0.1) is 0 Å². The summed E-state index contributed by atoms with van der Waals surface area (Å²) in [5, 5.41) is 31.1. The van der Waals surface area contributed by atoms with E-state index in [1.165, 1.54) is 0 Å². The van der Waals surface area contributed by atoms with Gasteiger partial charge in [-0.25, -0.2) is 4.99 Å². The maximum absolute atomic E-state index is 13.1. The summed E-state index contributed by atoms with van der Waals surface area (Å²) in [6, 6.07) is 19.5. The van der Waals surface area contributed by atoms with E-state index in [-0.39, 0.29) is 18.1 Å². The van der Waals surface area contributed by atoms with Crippen molar-refractivity contribution in [3.63, 3.8) is 0 Å². The first-order valence-electron chi connectivity index (χ1n) is 12.7. The molecular weight excluding hydrogens is 474 g/mol. The number of aliphatic imine (C=N–C) groups is 1. The van der Waals surface area contributed by atoms with Gasteiger partial charge in [-0.3, -0.25) is 4.79 Å². The minimum atomic E-state index is -0.485. The Balaban J connectivity index is 2.25. The highest BCUT2D eigenvalue weighted by molar-refractivity contribution is 6.10.